The third kappa shape index (κ3) is 5.81. The monoisotopic (exact) mass is 473 g/mol. The van der Waals surface area contributed by atoms with Crippen molar-refractivity contribution < 1.29 is 14.3 Å². The molecule has 0 fully saturated rings. The van der Waals surface area contributed by atoms with Crippen molar-refractivity contribution in [2.24, 2.45) is 0 Å². The van der Waals surface area contributed by atoms with Crippen molar-refractivity contribution in [3.05, 3.63) is 75.5 Å². The third-order valence-electron chi connectivity index (χ3n) is 6.03. The molecule has 0 amide bonds. The molecule has 5 heteroatoms. The third-order valence-corrected chi connectivity index (χ3v) is 7.07. The number of nitrogens with zero attached hydrogens (tertiary/aromatic N) is 1. The quantitative estimate of drug-likeness (QED) is 0.338. The average Bonchev–Trinajstić information content (AvgIpc) is 3.29. The molecule has 1 aliphatic heterocycles. The van der Waals surface area contributed by atoms with E-state index in [2.05, 4.69) is 41.0 Å². The second kappa shape index (κ2) is 11.3. The summed E-state index contributed by atoms with van der Waals surface area (Å²) in [6, 6.07) is 18.6. The van der Waals surface area contributed by atoms with Crippen LogP contribution in [0.4, 0.5) is 5.69 Å². The standard InChI is InChI=1S/C29H31NO3S/c1-4-7-24(18-21(2)31)22-11-13-25(14-12-22)33-20-27-16-15-26(34-27)19-30-17-6-9-23-8-5-10-28(32-3)29(23)30/h5,8,10-16,24H,6,9,17-20H2,1-3H3/t24-/m0/s1. The number of thiophene rings is 1. The second-order valence-electron chi connectivity index (χ2n) is 8.57. The second-order valence-corrected chi connectivity index (χ2v) is 9.82. The van der Waals surface area contributed by atoms with Crippen LogP contribution >= 0.6 is 11.3 Å². The summed E-state index contributed by atoms with van der Waals surface area (Å²) in [5.41, 5.74) is 3.65. The Morgan fingerprint density at radius 2 is 1.91 bits per heavy atom. The van der Waals surface area contributed by atoms with Crippen LogP contribution in [0.1, 0.15) is 53.5 Å². The molecule has 176 valence electrons. The molecule has 4 rings (SSSR count). The summed E-state index contributed by atoms with van der Waals surface area (Å²) in [7, 11) is 1.75. The number of ether oxygens (including phenoxy) is 2. The van der Waals surface area contributed by atoms with Crippen molar-refractivity contribution in [1.82, 2.24) is 0 Å². The number of anilines is 1. The number of rotatable bonds is 9. The number of Topliss-reactive ketones (excluding diaryl/α,β-unsaturated/α-hetero) is 1. The zero-order valence-electron chi connectivity index (χ0n) is 20.1. The van der Waals surface area contributed by atoms with Gasteiger partial charge in [0, 0.05) is 22.7 Å². The zero-order valence-corrected chi connectivity index (χ0v) is 20.9. The van der Waals surface area contributed by atoms with Gasteiger partial charge in [-0.05, 0) is 68.1 Å². The molecule has 0 saturated carbocycles. The van der Waals surface area contributed by atoms with Crippen molar-refractivity contribution in [1.29, 1.82) is 0 Å². The minimum Gasteiger partial charge on any atom is -0.495 e. The molecule has 4 nitrogen and oxygen atoms in total. The van der Waals surface area contributed by atoms with E-state index < -0.39 is 0 Å². The number of methoxy groups -OCH3 is 1. The van der Waals surface area contributed by atoms with Gasteiger partial charge in [0.05, 0.1) is 25.3 Å². The molecular formula is C29H31NO3S. The van der Waals surface area contributed by atoms with Crippen LogP contribution in [-0.4, -0.2) is 19.4 Å². The lowest BCUT2D eigenvalue weighted by molar-refractivity contribution is -0.117. The van der Waals surface area contributed by atoms with Gasteiger partial charge >= 0.3 is 0 Å². The van der Waals surface area contributed by atoms with E-state index >= 15 is 0 Å². The molecule has 0 aliphatic carbocycles. The van der Waals surface area contributed by atoms with Gasteiger partial charge in [-0.25, -0.2) is 0 Å². The Labute approximate surface area is 206 Å². The number of para-hydroxylation sites is 1. The Morgan fingerprint density at radius 3 is 2.65 bits per heavy atom. The lowest BCUT2D eigenvalue weighted by Gasteiger charge is -2.32. The van der Waals surface area contributed by atoms with E-state index in [1.807, 2.05) is 30.3 Å². The van der Waals surface area contributed by atoms with Crippen LogP contribution in [0.2, 0.25) is 0 Å². The van der Waals surface area contributed by atoms with Gasteiger partial charge in [0.25, 0.3) is 0 Å². The van der Waals surface area contributed by atoms with E-state index in [0.717, 1.165) is 43.0 Å². The number of benzene rings is 2. The molecular weight excluding hydrogens is 442 g/mol. The van der Waals surface area contributed by atoms with Gasteiger partial charge in [-0.15, -0.1) is 17.3 Å². The van der Waals surface area contributed by atoms with E-state index in [4.69, 9.17) is 9.47 Å². The smallest absolute Gasteiger partial charge is 0.142 e. The Bertz CT molecular complexity index is 1170. The molecule has 34 heavy (non-hydrogen) atoms. The first kappa shape index (κ1) is 23.9. The van der Waals surface area contributed by atoms with Crippen LogP contribution in [0, 0.1) is 11.8 Å². The molecule has 1 aliphatic rings. The number of ketones is 1. The van der Waals surface area contributed by atoms with Crippen molar-refractivity contribution in [2.75, 3.05) is 18.6 Å². The van der Waals surface area contributed by atoms with Crippen LogP contribution in [0.25, 0.3) is 0 Å². The summed E-state index contributed by atoms with van der Waals surface area (Å²) in [5, 5.41) is 0. The summed E-state index contributed by atoms with van der Waals surface area (Å²) in [5.74, 6) is 7.93. The lowest BCUT2D eigenvalue weighted by Crippen LogP contribution is -2.28. The van der Waals surface area contributed by atoms with Gasteiger partial charge in [-0.1, -0.05) is 30.2 Å². The largest absolute Gasteiger partial charge is 0.495 e. The van der Waals surface area contributed by atoms with Crippen LogP contribution < -0.4 is 14.4 Å². The fourth-order valence-corrected chi connectivity index (χ4v) is 5.41. The maximum absolute atomic E-state index is 11.5. The van der Waals surface area contributed by atoms with Crippen LogP contribution in [0.15, 0.2) is 54.6 Å². The van der Waals surface area contributed by atoms with E-state index in [1.165, 1.54) is 21.0 Å². The van der Waals surface area contributed by atoms with Gasteiger partial charge in [-0.3, -0.25) is 4.79 Å². The van der Waals surface area contributed by atoms with Crippen molar-refractivity contribution in [2.45, 2.75) is 52.2 Å². The van der Waals surface area contributed by atoms with Gasteiger partial charge in [0.2, 0.25) is 0 Å². The number of fused-ring (bicyclic) bond motifs is 1. The molecule has 0 N–H and O–H groups in total. The predicted octanol–water partition coefficient (Wildman–Crippen LogP) is 6.37. The number of carbonyl (C=O) groups is 1. The minimum atomic E-state index is -0.0602. The Kier molecular flexibility index (Phi) is 7.92. The number of aryl methyl sites for hydroxylation is 1. The number of hydrogen-bond acceptors (Lipinski definition) is 5. The van der Waals surface area contributed by atoms with Crippen molar-refractivity contribution in [3.8, 4) is 23.3 Å². The molecule has 0 radical (unpaired) electrons. The summed E-state index contributed by atoms with van der Waals surface area (Å²) >= 11 is 1.79. The van der Waals surface area contributed by atoms with Gasteiger partial charge in [-0.2, -0.15) is 0 Å². The fraction of sp³-hybridized carbons (Fsp3) is 0.345. The summed E-state index contributed by atoms with van der Waals surface area (Å²) in [6.07, 6.45) is 2.70. The predicted molar refractivity (Wildman–Crippen MR) is 139 cm³/mol. The van der Waals surface area contributed by atoms with Crippen molar-refractivity contribution in [3.63, 3.8) is 0 Å². The fourth-order valence-electron chi connectivity index (χ4n) is 4.46. The maximum atomic E-state index is 11.5. The Hall–Kier alpha value is -3.23. The number of hydrogen-bond donors (Lipinski definition) is 0. The van der Waals surface area contributed by atoms with Crippen LogP contribution in [-0.2, 0) is 24.4 Å². The highest BCUT2D eigenvalue weighted by Crippen LogP contribution is 2.37. The van der Waals surface area contributed by atoms with E-state index in [-0.39, 0.29) is 11.7 Å². The highest BCUT2D eigenvalue weighted by Gasteiger charge is 2.21. The van der Waals surface area contributed by atoms with Crippen molar-refractivity contribution >= 4 is 22.8 Å². The molecule has 2 heterocycles. The van der Waals surface area contributed by atoms with E-state index in [9.17, 15) is 4.79 Å². The first-order valence-electron chi connectivity index (χ1n) is 11.7. The first-order valence-corrected chi connectivity index (χ1v) is 12.5. The zero-order chi connectivity index (χ0) is 23.9. The SMILES string of the molecule is CC#C[C@@H](CC(C)=O)c1ccc(OCc2ccc(CN3CCCc4cccc(OC)c43)s2)cc1. The van der Waals surface area contributed by atoms with Gasteiger partial charge in [0.15, 0.2) is 0 Å². The summed E-state index contributed by atoms with van der Waals surface area (Å²) < 4.78 is 11.7. The first-order chi connectivity index (χ1) is 16.6. The Morgan fingerprint density at radius 1 is 1.12 bits per heavy atom. The molecule has 0 unspecified atom stereocenters. The average molecular weight is 474 g/mol. The van der Waals surface area contributed by atoms with E-state index in [0.29, 0.717) is 13.0 Å². The topological polar surface area (TPSA) is 38.8 Å². The van der Waals surface area contributed by atoms with E-state index in [1.54, 1.807) is 32.3 Å². The molecule has 0 bridgehead atoms. The highest BCUT2D eigenvalue weighted by atomic mass is 32.1. The molecule has 2 aromatic carbocycles. The number of carbonyl (C=O) groups excluding carboxylic acids is 1. The summed E-state index contributed by atoms with van der Waals surface area (Å²) in [6.45, 7) is 5.87. The Balaban J connectivity index is 1.37. The van der Waals surface area contributed by atoms with Gasteiger partial charge in [0.1, 0.15) is 23.9 Å². The lowest BCUT2D eigenvalue weighted by atomic mass is 9.94. The molecule has 1 atom stereocenters. The maximum Gasteiger partial charge on any atom is 0.142 e. The van der Waals surface area contributed by atoms with Crippen LogP contribution in [0.5, 0.6) is 11.5 Å². The molecule has 1 aromatic heterocycles. The summed E-state index contributed by atoms with van der Waals surface area (Å²) in [4.78, 5) is 16.5. The molecule has 3 aromatic rings. The highest BCUT2D eigenvalue weighted by molar-refractivity contribution is 7.11. The van der Waals surface area contributed by atoms with Gasteiger partial charge < -0.3 is 14.4 Å². The molecule has 0 saturated heterocycles. The van der Waals surface area contributed by atoms with Crippen LogP contribution in [0.3, 0.4) is 0 Å². The minimum absolute atomic E-state index is 0.0602. The molecule has 0 spiro atoms. The normalized spacial score (nSPS) is 13.4.